The Kier molecular flexibility index (Phi) is 5.20. The third-order valence-corrected chi connectivity index (χ3v) is 5.59. The Hall–Kier alpha value is -3.55. The highest BCUT2D eigenvalue weighted by atomic mass is 19.3. The van der Waals surface area contributed by atoms with E-state index in [1.54, 1.807) is 30.5 Å². The molecule has 5 rings (SSSR count). The first kappa shape index (κ1) is 20.4. The van der Waals surface area contributed by atoms with Crippen LogP contribution >= 0.6 is 0 Å². The fourth-order valence-electron chi connectivity index (χ4n) is 3.78. The Bertz CT molecular complexity index is 1160. The monoisotopic (exact) mass is 440 g/mol. The summed E-state index contributed by atoms with van der Waals surface area (Å²) in [7, 11) is 0. The van der Waals surface area contributed by atoms with E-state index in [1.807, 2.05) is 0 Å². The van der Waals surface area contributed by atoms with Crippen LogP contribution < -0.4 is 14.4 Å². The van der Waals surface area contributed by atoms with Crippen LogP contribution in [0.1, 0.15) is 28.8 Å². The van der Waals surface area contributed by atoms with Crippen LogP contribution in [0.2, 0.25) is 0 Å². The lowest BCUT2D eigenvalue weighted by molar-refractivity contribution is -0.0498. The number of hydrogen-bond donors (Lipinski definition) is 0. The number of benzene rings is 2. The zero-order chi connectivity index (χ0) is 22.2. The van der Waals surface area contributed by atoms with Crippen molar-refractivity contribution >= 4 is 11.6 Å². The number of carbonyl (C=O) groups is 1. The lowest BCUT2D eigenvalue weighted by atomic mass is 10.0. The number of anilines is 1. The van der Waals surface area contributed by atoms with Crippen LogP contribution in [0, 0.1) is 11.7 Å². The van der Waals surface area contributed by atoms with E-state index in [-0.39, 0.29) is 18.2 Å². The van der Waals surface area contributed by atoms with Gasteiger partial charge in [-0.1, -0.05) is 0 Å². The van der Waals surface area contributed by atoms with Crippen LogP contribution in [0.5, 0.6) is 11.5 Å². The van der Waals surface area contributed by atoms with E-state index in [0.29, 0.717) is 46.3 Å². The maximum atomic E-state index is 13.9. The summed E-state index contributed by atoms with van der Waals surface area (Å²) in [5.41, 5.74) is 2.91. The zero-order valence-electron chi connectivity index (χ0n) is 16.9. The predicted molar refractivity (Wildman–Crippen MR) is 111 cm³/mol. The summed E-state index contributed by atoms with van der Waals surface area (Å²) in [4.78, 5) is 19.1. The molecular formula is C24H19F3N2O3. The van der Waals surface area contributed by atoms with Crippen molar-refractivity contribution in [3.8, 4) is 22.8 Å². The first-order chi connectivity index (χ1) is 15.5. The molecule has 32 heavy (non-hydrogen) atoms. The number of fused-ring (bicyclic) bond motifs is 1. The second-order valence-electron chi connectivity index (χ2n) is 7.84. The van der Waals surface area contributed by atoms with Crippen molar-refractivity contribution in [2.24, 2.45) is 5.92 Å². The first-order valence-corrected chi connectivity index (χ1v) is 10.3. The predicted octanol–water partition coefficient (Wildman–Crippen LogP) is 5.44. The van der Waals surface area contributed by atoms with Gasteiger partial charge >= 0.3 is 6.61 Å². The number of carbonyl (C=O) groups excluding carboxylic acids is 1. The molecular weight excluding hydrogens is 421 g/mol. The Morgan fingerprint density at radius 1 is 1.06 bits per heavy atom. The van der Waals surface area contributed by atoms with Crippen molar-refractivity contribution in [3.63, 3.8) is 0 Å². The Morgan fingerprint density at radius 3 is 2.56 bits per heavy atom. The molecule has 8 heteroatoms. The number of ether oxygens (including phenoxy) is 2. The summed E-state index contributed by atoms with van der Waals surface area (Å²) in [6.07, 6.45) is 3.76. The molecule has 0 spiro atoms. The van der Waals surface area contributed by atoms with Crippen molar-refractivity contribution in [3.05, 3.63) is 71.7 Å². The number of rotatable bonds is 7. The minimum absolute atomic E-state index is 0.0130. The normalized spacial score (nSPS) is 15.2. The SMILES string of the molecule is O=C1c2ccnc(-c3ccc(F)cc3OCC3CC3)c2CN1c1ccc(OC(F)F)cc1. The number of hydrogen-bond acceptors (Lipinski definition) is 4. The van der Waals surface area contributed by atoms with Crippen LogP contribution in [0.15, 0.2) is 54.7 Å². The molecule has 1 aromatic heterocycles. The molecule has 2 heterocycles. The van der Waals surface area contributed by atoms with Crippen LogP contribution in [0.3, 0.4) is 0 Å². The molecule has 1 fully saturated rings. The minimum atomic E-state index is -2.92. The largest absolute Gasteiger partial charge is 0.492 e. The number of pyridine rings is 1. The highest BCUT2D eigenvalue weighted by Crippen LogP contribution is 2.39. The molecule has 0 N–H and O–H groups in total. The summed E-state index contributed by atoms with van der Waals surface area (Å²) < 4.78 is 49.0. The van der Waals surface area contributed by atoms with Crippen molar-refractivity contribution in [2.45, 2.75) is 26.0 Å². The number of aromatic nitrogens is 1. The second-order valence-corrected chi connectivity index (χ2v) is 7.84. The van der Waals surface area contributed by atoms with Gasteiger partial charge in [-0.05, 0) is 61.2 Å². The van der Waals surface area contributed by atoms with E-state index < -0.39 is 12.4 Å². The Labute approximate surface area is 182 Å². The quantitative estimate of drug-likeness (QED) is 0.491. The smallest absolute Gasteiger partial charge is 0.387 e. The van der Waals surface area contributed by atoms with Gasteiger partial charge in [-0.25, -0.2) is 4.39 Å². The van der Waals surface area contributed by atoms with Gasteiger partial charge in [0, 0.05) is 34.6 Å². The maximum Gasteiger partial charge on any atom is 0.387 e. The molecule has 1 aliphatic carbocycles. The molecule has 0 unspecified atom stereocenters. The standard InChI is InChI=1S/C24H19F3N2O3/c25-15-3-8-19(21(11-15)31-13-14-1-2-14)22-20-12-29(23(30)18(20)9-10-28-22)16-4-6-17(7-5-16)32-24(26)27/h3-11,14,24H,1-2,12-13H2. The highest BCUT2D eigenvalue weighted by molar-refractivity contribution is 6.11. The van der Waals surface area contributed by atoms with Gasteiger partial charge in [0.2, 0.25) is 0 Å². The molecule has 5 nitrogen and oxygen atoms in total. The fraction of sp³-hybridized carbons (Fsp3) is 0.250. The first-order valence-electron chi connectivity index (χ1n) is 10.3. The van der Waals surface area contributed by atoms with Crippen LogP contribution in [-0.2, 0) is 6.54 Å². The average Bonchev–Trinajstić information content (AvgIpc) is 3.55. The number of nitrogens with zero attached hydrogens (tertiary/aromatic N) is 2. The molecule has 2 aliphatic rings. The van der Waals surface area contributed by atoms with Gasteiger partial charge < -0.3 is 14.4 Å². The molecule has 0 radical (unpaired) electrons. The molecule has 3 aromatic rings. The zero-order valence-corrected chi connectivity index (χ0v) is 16.9. The van der Waals surface area contributed by atoms with Gasteiger partial charge in [-0.2, -0.15) is 8.78 Å². The average molecular weight is 440 g/mol. The van der Waals surface area contributed by atoms with Crippen LogP contribution in [0.4, 0.5) is 18.9 Å². The molecule has 1 amide bonds. The summed E-state index contributed by atoms with van der Waals surface area (Å²) in [5, 5.41) is 0. The van der Waals surface area contributed by atoms with E-state index >= 15 is 0 Å². The summed E-state index contributed by atoms with van der Waals surface area (Å²) >= 11 is 0. The van der Waals surface area contributed by atoms with Gasteiger partial charge in [-0.3, -0.25) is 9.78 Å². The lowest BCUT2D eigenvalue weighted by Crippen LogP contribution is -2.22. The summed E-state index contributed by atoms with van der Waals surface area (Å²) in [6, 6.07) is 11.8. The molecule has 0 bridgehead atoms. The van der Waals surface area contributed by atoms with Crippen LogP contribution in [-0.4, -0.2) is 24.1 Å². The van der Waals surface area contributed by atoms with Gasteiger partial charge in [0.25, 0.3) is 5.91 Å². The lowest BCUT2D eigenvalue weighted by Gasteiger charge is -2.17. The topological polar surface area (TPSA) is 51.7 Å². The van der Waals surface area contributed by atoms with Crippen LogP contribution in [0.25, 0.3) is 11.3 Å². The molecule has 2 aromatic carbocycles. The van der Waals surface area contributed by atoms with Gasteiger partial charge in [0.05, 0.1) is 18.8 Å². The third kappa shape index (κ3) is 4.00. The maximum absolute atomic E-state index is 13.9. The molecule has 164 valence electrons. The third-order valence-electron chi connectivity index (χ3n) is 5.59. The van der Waals surface area contributed by atoms with E-state index in [0.717, 1.165) is 12.8 Å². The van der Waals surface area contributed by atoms with Crippen molar-refractivity contribution in [1.82, 2.24) is 4.98 Å². The van der Waals surface area contributed by atoms with E-state index in [9.17, 15) is 18.0 Å². The minimum Gasteiger partial charge on any atom is -0.492 e. The molecule has 1 saturated carbocycles. The van der Waals surface area contributed by atoms with E-state index in [2.05, 4.69) is 9.72 Å². The number of amides is 1. The van der Waals surface area contributed by atoms with Gasteiger partial charge in [-0.15, -0.1) is 0 Å². The highest BCUT2D eigenvalue weighted by Gasteiger charge is 2.32. The number of halogens is 3. The molecule has 1 aliphatic heterocycles. The molecule has 0 atom stereocenters. The Morgan fingerprint density at radius 2 is 1.84 bits per heavy atom. The van der Waals surface area contributed by atoms with Gasteiger partial charge in [0.15, 0.2) is 0 Å². The van der Waals surface area contributed by atoms with Gasteiger partial charge in [0.1, 0.15) is 17.3 Å². The number of alkyl halides is 2. The summed E-state index contributed by atoms with van der Waals surface area (Å²) in [5.74, 6) is 0.274. The van der Waals surface area contributed by atoms with E-state index in [4.69, 9.17) is 4.74 Å². The fourth-order valence-corrected chi connectivity index (χ4v) is 3.78. The second kappa shape index (κ2) is 8.18. The molecule has 0 saturated heterocycles. The van der Waals surface area contributed by atoms with E-state index in [1.165, 1.54) is 29.2 Å². The Balaban J connectivity index is 1.46. The van der Waals surface area contributed by atoms with Crippen molar-refractivity contribution in [2.75, 3.05) is 11.5 Å². The summed E-state index contributed by atoms with van der Waals surface area (Å²) in [6.45, 7) is -2.16. The van der Waals surface area contributed by atoms with Crippen molar-refractivity contribution in [1.29, 1.82) is 0 Å². The van der Waals surface area contributed by atoms with Crippen molar-refractivity contribution < 1.29 is 27.4 Å².